The van der Waals surface area contributed by atoms with Crippen molar-refractivity contribution in [3.63, 3.8) is 0 Å². The predicted molar refractivity (Wildman–Crippen MR) is 90.6 cm³/mol. The molecule has 1 heterocycles. The van der Waals surface area contributed by atoms with Gasteiger partial charge in [0.15, 0.2) is 0 Å². The summed E-state index contributed by atoms with van der Waals surface area (Å²) < 4.78 is 0. The molecule has 0 atom stereocenters. The Morgan fingerprint density at radius 2 is 1.90 bits per heavy atom. The Labute approximate surface area is 127 Å². The molecular weight excluding hydrogens is 266 g/mol. The van der Waals surface area contributed by atoms with E-state index in [0.717, 1.165) is 37.7 Å². The van der Waals surface area contributed by atoms with Crippen LogP contribution in [0.1, 0.15) is 25.0 Å². The number of benzene rings is 1. The maximum atomic E-state index is 5.88. The van der Waals surface area contributed by atoms with Gasteiger partial charge in [-0.25, -0.2) is 0 Å². The fourth-order valence-corrected chi connectivity index (χ4v) is 2.97. The van der Waals surface area contributed by atoms with Crippen molar-refractivity contribution < 1.29 is 0 Å². The average Bonchev–Trinajstić information content (AvgIpc) is 2.39. The molecule has 0 bridgehead atoms. The smallest absolute Gasteiger partial charge is 0.106 e. The van der Waals surface area contributed by atoms with E-state index in [4.69, 9.17) is 18.0 Å². The first kappa shape index (κ1) is 15.3. The molecule has 1 aromatic rings. The Kier molecular flexibility index (Phi) is 5.00. The highest BCUT2D eigenvalue weighted by Gasteiger charge is 2.20. The molecule has 1 fully saturated rings. The number of hydrogen-bond donors (Lipinski definition) is 1. The summed E-state index contributed by atoms with van der Waals surface area (Å²) in [5.74, 6) is 0.730. The normalized spacial score (nSPS) is 16.7. The minimum Gasteiger partial charge on any atom is -0.389 e. The van der Waals surface area contributed by atoms with Crippen LogP contribution >= 0.6 is 12.2 Å². The second-order valence-corrected chi connectivity index (χ2v) is 6.51. The van der Waals surface area contributed by atoms with Crippen LogP contribution in [-0.2, 0) is 0 Å². The van der Waals surface area contributed by atoms with E-state index in [1.165, 1.54) is 17.8 Å². The van der Waals surface area contributed by atoms with E-state index < -0.39 is 0 Å². The Balaban J connectivity index is 2.09. The number of anilines is 1. The third-order valence-electron chi connectivity index (χ3n) is 3.75. The van der Waals surface area contributed by atoms with Gasteiger partial charge in [0.25, 0.3) is 0 Å². The maximum Gasteiger partial charge on any atom is 0.106 e. The third-order valence-corrected chi connectivity index (χ3v) is 3.97. The first-order chi connectivity index (χ1) is 9.47. The molecule has 0 aliphatic carbocycles. The molecule has 1 aromatic carbocycles. The quantitative estimate of drug-likeness (QED) is 0.864. The van der Waals surface area contributed by atoms with Crippen LogP contribution in [-0.4, -0.2) is 42.6 Å². The summed E-state index contributed by atoms with van der Waals surface area (Å²) in [6.07, 6.45) is 0. The molecule has 0 radical (unpaired) electrons. The van der Waals surface area contributed by atoms with E-state index in [1.54, 1.807) is 0 Å². The Morgan fingerprint density at radius 3 is 2.45 bits per heavy atom. The number of hydrogen-bond acceptors (Lipinski definition) is 3. The van der Waals surface area contributed by atoms with Crippen LogP contribution in [0, 0.1) is 12.8 Å². The van der Waals surface area contributed by atoms with Crippen LogP contribution in [0.2, 0.25) is 0 Å². The predicted octanol–water partition coefficient (Wildman–Crippen LogP) is 2.41. The van der Waals surface area contributed by atoms with E-state index in [0.29, 0.717) is 4.99 Å². The number of thiocarbonyl (C=S) groups is 1. The van der Waals surface area contributed by atoms with Crippen molar-refractivity contribution in [3.8, 4) is 0 Å². The molecule has 3 nitrogen and oxygen atoms in total. The standard InChI is InChI=1S/C16H25N3S/c1-12(2)11-18-6-8-19(9-7-18)15-5-4-13(3)10-14(15)16(17)20/h4-5,10,12H,6-9,11H2,1-3H3,(H2,17,20). The lowest BCUT2D eigenvalue weighted by Crippen LogP contribution is -2.47. The zero-order valence-corrected chi connectivity index (χ0v) is 13.5. The van der Waals surface area contributed by atoms with Gasteiger partial charge in [-0.1, -0.05) is 37.7 Å². The van der Waals surface area contributed by atoms with Gasteiger partial charge in [0, 0.05) is 44.0 Å². The molecule has 2 rings (SSSR count). The van der Waals surface area contributed by atoms with Gasteiger partial charge in [0.05, 0.1) is 0 Å². The highest BCUT2D eigenvalue weighted by molar-refractivity contribution is 7.80. The van der Waals surface area contributed by atoms with Crippen molar-refractivity contribution in [3.05, 3.63) is 29.3 Å². The van der Waals surface area contributed by atoms with Crippen LogP contribution < -0.4 is 10.6 Å². The van der Waals surface area contributed by atoms with Gasteiger partial charge in [-0.3, -0.25) is 4.90 Å². The lowest BCUT2D eigenvalue weighted by atomic mass is 10.1. The van der Waals surface area contributed by atoms with Crippen molar-refractivity contribution in [2.75, 3.05) is 37.6 Å². The summed E-state index contributed by atoms with van der Waals surface area (Å²) in [4.78, 5) is 5.44. The molecule has 0 unspecified atom stereocenters. The summed E-state index contributed by atoms with van der Waals surface area (Å²) >= 11 is 5.20. The van der Waals surface area contributed by atoms with E-state index in [-0.39, 0.29) is 0 Å². The van der Waals surface area contributed by atoms with E-state index >= 15 is 0 Å². The van der Waals surface area contributed by atoms with Crippen LogP contribution in [0.5, 0.6) is 0 Å². The fraction of sp³-hybridized carbons (Fsp3) is 0.562. The zero-order valence-electron chi connectivity index (χ0n) is 12.7. The summed E-state index contributed by atoms with van der Waals surface area (Å²) in [5, 5.41) is 0. The van der Waals surface area contributed by atoms with E-state index in [1.807, 2.05) is 0 Å². The van der Waals surface area contributed by atoms with Gasteiger partial charge in [-0.05, 0) is 25.0 Å². The number of aryl methyl sites for hydroxylation is 1. The van der Waals surface area contributed by atoms with Crippen molar-refractivity contribution in [1.29, 1.82) is 0 Å². The third kappa shape index (κ3) is 3.70. The molecule has 0 aromatic heterocycles. The zero-order chi connectivity index (χ0) is 14.7. The lowest BCUT2D eigenvalue weighted by molar-refractivity contribution is 0.231. The molecule has 4 heteroatoms. The van der Waals surface area contributed by atoms with Crippen molar-refractivity contribution in [1.82, 2.24) is 4.90 Å². The SMILES string of the molecule is Cc1ccc(N2CCN(CC(C)C)CC2)c(C(N)=S)c1. The molecule has 0 spiro atoms. The van der Waals surface area contributed by atoms with Crippen LogP contribution in [0.15, 0.2) is 18.2 Å². The highest BCUT2D eigenvalue weighted by atomic mass is 32.1. The number of rotatable bonds is 4. The highest BCUT2D eigenvalue weighted by Crippen LogP contribution is 2.23. The first-order valence-electron chi connectivity index (χ1n) is 7.35. The number of nitrogens with two attached hydrogens (primary N) is 1. The van der Waals surface area contributed by atoms with Crippen molar-refractivity contribution in [2.24, 2.45) is 11.7 Å². The molecule has 1 saturated heterocycles. The molecule has 0 saturated carbocycles. The molecular formula is C16H25N3S. The Bertz CT molecular complexity index is 477. The van der Waals surface area contributed by atoms with Gasteiger partial charge >= 0.3 is 0 Å². The largest absolute Gasteiger partial charge is 0.389 e. The van der Waals surface area contributed by atoms with Crippen LogP contribution in [0.25, 0.3) is 0 Å². The molecule has 1 aliphatic heterocycles. The van der Waals surface area contributed by atoms with Gasteiger partial charge < -0.3 is 10.6 Å². The average molecular weight is 291 g/mol. The van der Waals surface area contributed by atoms with E-state index in [2.05, 4.69) is 48.8 Å². The van der Waals surface area contributed by atoms with Crippen molar-refractivity contribution >= 4 is 22.9 Å². The molecule has 1 aliphatic rings. The van der Waals surface area contributed by atoms with Gasteiger partial charge in [-0.15, -0.1) is 0 Å². The van der Waals surface area contributed by atoms with E-state index in [9.17, 15) is 0 Å². The van der Waals surface area contributed by atoms with Gasteiger partial charge in [-0.2, -0.15) is 0 Å². The van der Waals surface area contributed by atoms with Crippen LogP contribution in [0.3, 0.4) is 0 Å². The van der Waals surface area contributed by atoms with Gasteiger partial charge in [0.1, 0.15) is 4.99 Å². The number of piperazine rings is 1. The van der Waals surface area contributed by atoms with Crippen molar-refractivity contribution in [2.45, 2.75) is 20.8 Å². The van der Waals surface area contributed by atoms with Gasteiger partial charge in [0.2, 0.25) is 0 Å². The minimum atomic E-state index is 0.494. The number of nitrogens with zero attached hydrogens (tertiary/aromatic N) is 2. The summed E-state index contributed by atoms with van der Waals surface area (Å²) in [7, 11) is 0. The second kappa shape index (κ2) is 6.55. The molecule has 2 N–H and O–H groups in total. The fourth-order valence-electron chi connectivity index (χ4n) is 2.81. The molecule has 110 valence electrons. The summed E-state index contributed by atoms with van der Waals surface area (Å²) in [5.41, 5.74) is 9.28. The maximum absolute atomic E-state index is 5.88. The summed E-state index contributed by atoms with van der Waals surface area (Å²) in [6.45, 7) is 12.1. The lowest BCUT2D eigenvalue weighted by Gasteiger charge is -2.37. The summed E-state index contributed by atoms with van der Waals surface area (Å²) in [6, 6.07) is 6.39. The molecule has 0 amide bonds. The topological polar surface area (TPSA) is 32.5 Å². The Hall–Kier alpha value is -1.13. The monoisotopic (exact) mass is 291 g/mol. The minimum absolute atomic E-state index is 0.494. The van der Waals surface area contributed by atoms with Crippen LogP contribution in [0.4, 0.5) is 5.69 Å². The first-order valence-corrected chi connectivity index (χ1v) is 7.76. The molecule has 20 heavy (non-hydrogen) atoms. The second-order valence-electron chi connectivity index (χ2n) is 6.07. The Morgan fingerprint density at radius 1 is 1.25 bits per heavy atom.